The molecule has 2 aliphatic carbocycles. The minimum absolute atomic E-state index is 0.270. The molecule has 2 rings (SSSR count). The highest BCUT2D eigenvalue weighted by Gasteiger charge is 2.21. The van der Waals surface area contributed by atoms with Crippen molar-refractivity contribution in [3.05, 3.63) is 0 Å². The molecule has 0 bridgehead atoms. The minimum atomic E-state index is 0.270. The van der Waals surface area contributed by atoms with Crippen LogP contribution in [0.5, 0.6) is 0 Å². The molecule has 0 unspecified atom stereocenters. The van der Waals surface area contributed by atoms with Crippen LogP contribution in [0.15, 0.2) is 0 Å². The molecule has 0 spiro atoms. The first-order valence-electron chi connectivity index (χ1n) is 7.26. The number of hydrogen-bond donors (Lipinski definition) is 2. The van der Waals surface area contributed by atoms with Crippen LogP contribution >= 0.6 is 0 Å². The summed E-state index contributed by atoms with van der Waals surface area (Å²) in [6.07, 6.45) is 10.5. The van der Waals surface area contributed by atoms with E-state index in [4.69, 9.17) is 5.73 Å². The Morgan fingerprint density at radius 2 is 1.65 bits per heavy atom. The van der Waals surface area contributed by atoms with Crippen molar-refractivity contribution in [1.29, 1.82) is 0 Å². The summed E-state index contributed by atoms with van der Waals surface area (Å²) in [6.45, 7) is 0.873. The molecule has 3 N–H and O–H groups in total. The first-order chi connectivity index (χ1) is 8.24. The predicted octanol–water partition coefficient (Wildman–Crippen LogP) is 2.20. The van der Waals surface area contributed by atoms with Gasteiger partial charge in [-0.05, 0) is 50.4 Å². The molecule has 0 atom stereocenters. The third-order valence-corrected chi connectivity index (χ3v) is 4.43. The summed E-state index contributed by atoms with van der Waals surface area (Å²) < 4.78 is 0. The highest BCUT2D eigenvalue weighted by Crippen LogP contribution is 2.27. The summed E-state index contributed by atoms with van der Waals surface area (Å²) in [5, 5.41) is 3.11. The fraction of sp³-hybridized carbons (Fsp3) is 0.929. The summed E-state index contributed by atoms with van der Waals surface area (Å²) in [7, 11) is 0. The standard InChI is InChI=1S/C14H26N2O/c15-13-7-5-12(6-8-13)10-16-14(17)9-11-3-1-2-4-11/h11-13H,1-10,15H2,(H,16,17). The Labute approximate surface area is 105 Å². The minimum Gasteiger partial charge on any atom is -0.356 e. The molecule has 0 saturated heterocycles. The summed E-state index contributed by atoms with van der Waals surface area (Å²) in [4.78, 5) is 11.8. The number of amides is 1. The summed E-state index contributed by atoms with van der Waals surface area (Å²) in [5.41, 5.74) is 5.87. The van der Waals surface area contributed by atoms with E-state index in [0.29, 0.717) is 17.9 Å². The molecule has 3 heteroatoms. The van der Waals surface area contributed by atoms with E-state index < -0.39 is 0 Å². The largest absolute Gasteiger partial charge is 0.356 e. The number of hydrogen-bond acceptors (Lipinski definition) is 2. The lowest BCUT2D eigenvalue weighted by atomic mass is 9.86. The normalized spacial score (nSPS) is 30.4. The second-order valence-electron chi connectivity index (χ2n) is 5.94. The average molecular weight is 238 g/mol. The third-order valence-electron chi connectivity index (χ3n) is 4.43. The van der Waals surface area contributed by atoms with Gasteiger partial charge in [0.15, 0.2) is 0 Å². The highest BCUT2D eigenvalue weighted by molar-refractivity contribution is 5.76. The zero-order chi connectivity index (χ0) is 12.1. The number of nitrogens with two attached hydrogens (primary N) is 1. The molecule has 0 aromatic rings. The number of carbonyl (C=O) groups is 1. The molecule has 0 aromatic carbocycles. The molecule has 1 amide bonds. The van der Waals surface area contributed by atoms with E-state index in [1.165, 1.54) is 38.5 Å². The average Bonchev–Trinajstić information content (AvgIpc) is 2.81. The van der Waals surface area contributed by atoms with Crippen molar-refractivity contribution in [3.8, 4) is 0 Å². The van der Waals surface area contributed by atoms with Crippen LogP contribution in [0, 0.1) is 11.8 Å². The first-order valence-corrected chi connectivity index (χ1v) is 7.26. The van der Waals surface area contributed by atoms with E-state index in [1.54, 1.807) is 0 Å². The Morgan fingerprint density at radius 3 is 2.29 bits per heavy atom. The Bertz CT molecular complexity index is 241. The van der Waals surface area contributed by atoms with Crippen molar-refractivity contribution in [1.82, 2.24) is 5.32 Å². The molecule has 17 heavy (non-hydrogen) atoms. The van der Waals surface area contributed by atoms with Gasteiger partial charge in [0.2, 0.25) is 5.91 Å². The Hall–Kier alpha value is -0.570. The lowest BCUT2D eigenvalue weighted by Crippen LogP contribution is -2.34. The van der Waals surface area contributed by atoms with E-state index in [2.05, 4.69) is 5.32 Å². The van der Waals surface area contributed by atoms with Crippen molar-refractivity contribution < 1.29 is 4.79 Å². The number of rotatable bonds is 4. The SMILES string of the molecule is NC1CCC(CNC(=O)CC2CCCC2)CC1. The molecule has 2 aliphatic rings. The van der Waals surface area contributed by atoms with Crippen LogP contribution in [0.2, 0.25) is 0 Å². The molecule has 3 nitrogen and oxygen atoms in total. The smallest absolute Gasteiger partial charge is 0.220 e. The van der Waals surface area contributed by atoms with Crippen LogP contribution in [0.4, 0.5) is 0 Å². The van der Waals surface area contributed by atoms with Gasteiger partial charge in [-0.15, -0.1) is 0 Å². The zero-order valence-electron chi connectivity index (χ0n) is 10.8. The van der Waals surface area contributed by atoms with Gasteiger partial charge in [0.05, 0.1) is 0 Å². The topological polar surface area (TPSA) is 55.1 Å². The van der Waals surface area contributed by atoms with E-state index in [-0.39, 0.29) is 5.91 Å². The molecule has 0 aromatic heterocycles. The summed E-state index contributed by atoms with van der Waals surface area (Å²) >= 11 is 0. The van der Waals surface area contributed by atoms with Crippen molar-refractivity contribution in [3.63, 3.8) is 0 Å². The van der Waals surface area contributed by atoms with Gasteiger partial charge in [0.25, 0.3) is 0 Å². The van der Waals surface area contributed by atoms with E-state index in [1.807, 2.05) is 0 Å². The summed E-state index contributed by atoms with van der Waals surface area (Å²) in [6, 6.07) is 0.403. The number of carbonyl (C=O) groups excluding carboxylic acids is 1. The van der Waals surface area contributed by atoms with Crippen molar-refractivity contribution >= 4 is 5.91 Å². The van der Waals surface area contributed by atoms with E-state index in [9.17, 15) is 4.79 Å². The van der Waals surface area contributed by atoms with Gasteiger partial charge in [-0.3, -0.25) is 4.79 Å². The molecule has 2 saturated carbocycles. The van der Waals surface area contributed by atoms with E-state index >= 15 is 0 Å². The van der Waals surface area contributed by atoms with E-state index in [0.717, 1.165) is 25.8 Å². The van der Waals surface area contributed by atoms with Crippen molar-refractivity contribution in [2.45, 2.75) is 63.8 Å². The lowest BCUT2D eigenvalue weighted by Gasteiger charge is -2.26. The maximum Gasteiger partial charge on any atom is 0.220 e. The first kappa shape index (κ1) is 12.9. The summed E-state index contributed by atoms with van der Waals surface area (Å²) in [5.74, 6) is 1.60. The molecule has 0 aliphatic heterocycles. The van der Waals surface area contributed by atoms with Crippen LogP contribution in [-0.2, 0) is 4.79 Å². The fourth-order valence-electron chi connectivity index (χ4n) is 3.20. The van der Waals surface area contributed by atoms with Crippen molar-refractivity contribution in [2.75, 3.05) is 6.54 Å². The molecule has 98 valence electrons. The maximum atomic E-state index is 11.8. The Balaban J connectivity index is 1.59. The Kier molecular flexibility index (Phi) is 4.84. The highest BCUT2D eigenvalue weighted by atomic mass is 16.1. The van der Waals surface area contributed by atoms with Gasteiger partial charge in [0.1, 0.15) is 0 Å². The third kappa shape index (κ3) is 4.30. The van der Waals surface area contributed by atoms with Crippen LogP contribution in [0.1, 0.15) is 57.8 Å². The molecule has 0 heterocycles. The predicted molar refractivity (Wildman–Crippen MR) is 69.5 cm³/mol. The lowest BCUT2D eigenvalue weighted by molar-refractivity contribution is -0.122. The van der Waals surface area contributed by atoms with Gasteiger partial charge >= 0.3 is 0 Å². The van der Waals surface area contributed by atoms with Gasteiger partial charge in [-0.25, -0.2) is 0 Å². The maximum absolute atomic E-state index is 11.8. The second-order valence-corrected chi connectivity index (χ2v) is 5.94. The van der Waals surface area contributed by atoms with Gasteiger partial charge in [0, 0.05) is 19.0 Å². The second kappa shape index (κ2) is 6.39. The molecule has 0 radical (unpaired) electrons. The van der Waals surface area contributed by atoms with Crippen LogP contribution in [0.25, 0.3) is 0 Å². The molecular formula is C14H26N2O. The van der Waals surface area contributed by atoms with Gasteiger partial charge in [-0.1, -0.05) is 12.8 Å². The van der Waals surface area contributed by atoms with Crippen LogP contribution in [-0.4, -0.2) is 18.5 Å². The monoisotopic (exact) mass is 238 g/mol. The number of nitrogens with one attached hydrogen (secondary N) is 1. The van der Waals surface area contributed by atoms with Crippen molar-refractivity contribution in [2.24, 2.45) is 17.6 Å². The quantitative estimate of drug-likeness (QED) is 0.789. The molecular weight excluding hydrogens is 212 g/mol. The van der Waals surface area contributed by atoms with Crippen LogP contribution in [0.3, 0.4) is 0 Å². The van der Waals surface area contributed by atoms with Gasteiger partial charge < -0.3 is 11.1 Å². The zero-order valence-corrected chi connectivity index (χ0v) is 10.8. The van der Waals surface area contributed by atoms with Gasteiger partial charge in [-0.2, -0.15) is 0 Å². The Morgan fingerprint density at radius 1 is 1.00 bits per heavy atom. The molecule has 2 fully saturated rings. The van der Waals surface area contributed by atoms with Crippen LogP contribution < -0.4 is 11.1 Å². The fourth-order valence-corrected chi connectivity index (χ4v) is 3.20.